The van der Waals surface area contributed by atoms with Crippen LogP contribution in [0.3, 0.4) is 0 Å². The SMILES string of the molecule is COS(=O)(=O)Oc1c(C(C)=O)c(=O)[nH]c2c(C(C)C)cccc12. The Bertz CT molecular complexity index is 927. The highest BCUT2D eigenvalue weighted by Crippen LogP contribution is 2.32. The first-order chi connectivity index (χ1) is 10.7. The van der Waals surface area contributed by atoms with Gasteiger partial charge in [-0.05, 0) is 24.5 Å². The molecule has 0 aliphatic rings. The Hall–Kier alpha value is -2.19. The molecular formula is C15H17NO6S. The summed E-state index contributed by atoms with van der Waals surface area (Å²) in [6.45, 7) is 5.02. The predicted molar refractivity (Wildman–Crippen MR) is 85.2 cm³/mol. The van der Waals surface area contributed by atoms with Crippen LogP contribution in [0.2, 0.25) is 0 Å². The van der Waals surface area contributed by atoms with Gasteiger partial charge >= 0.3 is 10.4 Å². The van der Waals surface area contributed by atoms with Crippen LogP contribution in [0, 0.1) is 0 Å². The zero-order valence-corrected chi connectivity index (χ0v) is 14.0. The maximum absolute atomic E-state index is 12.3. The lowest BCUT2D eigenvalue weighted by atomic mass is 9.98. The maximum Gasteiger partial charge on any atom is 0.448 e. The van der Waals surface area contributed by atoms with Crippen LogP contribution in [-0.4, -0.2) is 26.3 Å². The fourth-order valence-corrected chi connectivity index (χ4v) is 2.78. The molecule has 0 bridgehead atoms. The lowest BCUT2D eigenvalue weighted by Gasteiger charge is -2.14. The smallest absolute Gasteiger partial charge is 0.360 e. The van der Waals surface area contributed by atoms with Gasteiger partial charge in [0.1, 0.15) is 5.56 Å². The van der Waals surface area contributed by atoms with E-state index < -0.39 is 21.7 Å². The van der Waals surface area contributed by atoms with Gasteiger partial charge in [-0.2, -0.15) is 8.42 Å². The Morgan fingerprint density at radius 3 is 2.43 bits per heavy atom. The fraction of sp³-hybridized carbons (Fsp3) is 0.333. The van der Waals surface area contributed by atoms with E-state index in [4.69, 9.17) is 4.18 Å². The fourth-order valence-electron chi connectivity index (χ4n) is 2.34. The van der Waals surface area contributed by atoms with Crippen molar-refractivity contribution < 1.29 is 21.6 Å². The predicted octanol–water partition coefficient (Wildman–Crippen LogP) is 2.12. The van der Waals surface area contributed by atoms with Crippen LogP contribution in [0.1, 0.15) is 42.6 Å². The molecule has 0 amide bonds. The molecule has 0 aliphatic carbocycles. The Morgan fingerprint density at radius 1 is 1.26 bits per heavy atom. The number of aromatic nitrogens is 1. The summed E-state index contributed by atoms with van der Waals surface area (Å²) in [4.78, 5) is 26.7. The molecule has 2 aromatic rings. The molecule has 0 atom stereocenters. The van der Waals surface area contributed by atoms with E-state index in [0.29, 0.717) is 10.9 Å². The summed E-state index contributed by atoms with van der Waals surface area (Å²) in [7, 11) is -3.45. The first-order valence-corrected chi connectivity index (χ1v) is 8.21. The van der Waals surface area contributed by atoms with Crippen molar-refractivity contribution in [3.63, 3.8) is 0 Å². The third kappa shape index (κ3) is 3.27. The second kappa shape index (κ2) is 6.13. The zero-order chi connectivity index (χ0) is 17.4. The van der Waals surface area contributed by atoms with Crippen LogP contribution in [0.5, 0.6) is 5.75 Å². The van der Waals surface area contributed by atoms with Gasteiger partial charge < -0.3 is 9.17 Å². The molecule has 23 heavy (non-hydrogen) atoms. The number of benzene rings is 1. The van der Waals surface area contributed by atoms with Gasteiger partial charge in [0.05, 0.1) is 12.6 Å². The number of aromatic amines is 1. The van der Waals surface area contributed by atoms with Gasteiger partial charge in [0.2, 0.25) is 0 Å². The molecule has 8 heteroatoms. The number of pyridine rings is 1. The lowest BCUT2D eigenvalue weighted by Crippen LogP contribution is -2.21. The van der Waals surface area contributed by atoms with Gasteiger partial charge in [-0.25, -0.2) is 4.18 Å². The van der Waals surface area contributed by atoms with Crippen LogP contribution in [-0.2, 0) is 14.6 Å². The molecule has 1 aromatic carbocycles. The number of carbonyl (C=O) groups excluding carboxylic acids is 1. The summed E-state index contributed by atoms with van der Waals surface area (Å²) < 4.78 is 32.4. The molecule has 0 saturated carbocycles. The van der Waals surface area contributed by atoms with E-state index in [0.717, 1.165) is 19.6 Å². The maximum atomic E-state index is 12.3. The van der Waals surface area contributed by atoms with Crippen LogP contribution in [0.4, 0.5) is 0 Å². The summed E-state index contributed by atoms with van der Waals surface area (Å²) in [5.74, 6) is -0.852. The standard InChI is InChI=1S/C15H17NO6S/c1-8(2)10-6-5-7-11-13(10)16-15(18)12(9(3)17)14(11)22-23(19,20)21-4/h5-8H,1-4H3,(H,16,18). The Morgan fingerprint density at radius 2 is 1.91 bits per heavy atom. The Balaban J connectivity index is 2.95. The number of ketones is 1. The minimum atomic E-state index is -4.37. The van der Waals surface area contributed by atoms with Crippen molar-refractivity contribution in [1.29, 1.82) is 0 Å². The molecule has 2 rings (SSSR count). The average Bonchev–Trinajstić information content (AvgIpc) is 2.45. The number of para-hydroxylation sites is 1. The van der Waals surface area contributed by atoms with Gasteiger partial charge in [-0.1, -0.05) is 26.0 Å². The van der Waals surface area contributed by atoms with E-state index in [-0.39, 0.29) is 17.2 Å². The monoisotopic (exact) mass is 339 g/mol. The molecule has 1 heterocycles. The summed E-state index contributed by atoms with van der Waals surface area (Å²) in [6, 6.07) is 5.08. The van der Waals surface area contributed by atoms with Gasteiger partial charge in [-0.15, -0.1) is 0 Å². The minimum absolute atomic E-state index is 0.0735. The Kier molecular flexibility index (Phi) is 4.58. The number of carbonyl (C=O) groups is 1. The molecular weight excluding hydrogens is 322 g/mol. The first-order valence-electron chi connectivity index (χ1n) is 6.87. The van der Waals surface area contributed by atoms with E-state index in [2.05, 4.69) is 9.17 Å². The number of hydrogen-bond donors (Lipinski definition) is 1. The first kappa shape index (κ1) is 17.2. The summed E-state index contributed by atoms with van der Waals surface area (Å²) in [5.41, 5.74) is 0.159. The number of rotatable bonds is 5. The molecule has 0 saturated heterocycles. The van der Waals surface area contributed by atoms with Crippen LogP contribution in [0.25, 0.3) is 10.9 Å². The largest absolute Gasteiger partial charge is 0.448 e. The van der Waals surface area contributed by atoms with Gasteiger partial charge in [-0.3, -0.25) is 9.59 Å². The highest BCUT2D eigenvalue weighted by molar-refractivity contribution is 7.82. The topological polar surface area (TPSA) is 103 Å². The van der Waals surface area contributed by atoms with Crippen molar-refractivity contribution in [2.24, 2.45) is 0 Å². The Labute approximate surface area is 133 Å². The number of H-pyrrole nitrogens is 1. The van der Waals surface area contributed by atoms with E-state index in [1.165, 1.54) is 0 Å². The van der Waals surface area contributed by atoms with Crippen molar-refractivity contribution in [3.05, 3.63) is 39.7 Å². The molecule has 7 nitrogen and oxygen atoms in total. The summed E-state index contributed by atoms with van der Waals surface area (Å²) >= 11 is 0. The molecule has 0 spiro atoms. The second-order valence-corrected chi connectivity index (χ2v) is 6.61. The molecule has 1 N–H and O–H groups in total. The number of fused-ring (bicyclic) bond motifs is 1. The highest BCUT2D eigenvalue weighted by atomic mass is 32.3. The highest BCUT2D eigenvalue weighted by Gasteiger charge is 2.24. The normalized spacial score (nSPS) is 11.9. The van der Waals surface area contributed by atoms with Crippen LogP contribution < -0.4 is 9.74 Å². The van der Waals surface area contributed by atoms with Crippen LogP contribution in [0.15, 0.2) is 23.0 Å². The van der Waals surface area contributed by atoms with Crippen molar-refractivity contribution in [1.82, 2.24) is 4.98 Å². The van der Waals surface area contributed by atoms with Crippen molar-refractivity contribution in [2.75, 3.05) is 7.11 Å². The number of hydrogen-bond acceptors (Lipinski definition) is 6. The van der Waals surface area contributed by atoms with Crippen LogP contribution >= 0.6 is 0 Å². The van der Waals surface area contributed by atoms with E-state index in [1.807, 2.05) is 19.9 Å². The zero-order valence-electron chi connectivity index (χ0n) is 13.2. The summed E-state index contributed by atoms with van der Waals surface area (Å²) in [5, 5.41) is 0.321. The van der Waals surface area contributed by atoms with Gasteiger partial charge in [0.25, 0.3) is 5.56 Å². The van der Waals surface area contributed by atoms with E-state index in [1.54, 1.807) is 12.1 Å². The number of Topliss-reactive ketones (excluding diaryl/α,β-unsaturated/α-hetero) is 1. The van der Waals surface area contributed by atoms with E-state index >= 15 is 0 Å². The molecule has 0 unspecified atom stereocenters. The van der Waals surface area contributed by atoms with Gasteiger partial charge in [0, 0.05) is 5.39 Å². The quantitative estimate of drug-likeness (QED) is 0.837. The number of nitrogens with one attached hydrogen (secondary N) is 1. The molecule has 124 valence electrons. The van der Waals surface area contributed by atoms with Crippen molar-refractivity contribution >= 4 is 27.1 Å². The second-order valence-electron chi connectivity index (χ2n) is 5.30. The molecule has 0 radical (unpaired) electrons. The van der Waals surface area contributed by atoms with E-state index in [9.17, 15) is 18.0 Å². The van der Waals surface area contributed by atoms with Crippen molar-refractivity contribution in [2.45, 2.75) is 26.7 Å². The third-order valence-electron chi connectivity index (χ3n) is 3.40. The summed E-state index contributed by atoms with van der Waals surface area (Å²) in [6.07, 6.45) is 0. The minimum Gasteiger partial charge on any atom is -0.360 e. The van der Waals surface area contributed by atoms with Gasteiger partial charge in [0.15, 0.2) is 11.5 Å². The lowest BCUT2D eigenvalue weighted by molar-refractivity contribution is 0.101. The average molecular weight is 339 g/mol. The third-order valence-corrected chi connectivity index (χ3v) is 4.18. The molecule has 0 aliphatic heterocycles. The molecule has 0 fully saturated rings. The molecule has 1 aromatic heterocycles. The van der Waals surface area contributed by atoms with Crippen molar-refractivity contribution in [3.8, 4) is 5.75 Å².